The summed E-state index contributed by atoms with van der Waals surface area (Å²) in [5.41, 5.74) is 6.21. The number of aryl methyl sites for hydroxylation is 5. The molecular weight excluding hydrogens is 340 g/mol. The molecule has 0 aliphatic carbocycles. The molecule has 27 heavy (non-hydrogen) atoms. The number of carbonyl (C=O) groups excluding carboxylic acids is 2. The van der Waals surface area contributed by atoms with Crippen molar-refractivity contribution in [1.29, 1.82) is 0 Å². The van der Waals surface area contributed by atoms with Crippen molar-refractivity contribution in [3.8, 4) is 5.75 Å². The molecule has 0 unspecified atom stereocenters. The zero-order valence-corrected chi connectivity index (χ0v) is 16.7. The molecule has 0 aliphatic rings. The molecule has 2 amide bonds. The maximum Gasteiger partial charge on any atom is 0.243 e. The Morgan fingerprint density at radius 1 is 0.815 bits per heavy atom. The zero-order chi connectivity index (χ0) is 20.0. The summed E-state index contributed by atoms with van der Waals surface area (Å²) in [5.74, 6) is 0.295. The van der Waals surface area contributed by atoms with Gasteiger partial charge in [-0.25, -0.2) is 0 Å². The Hall–Kier alpha value is -2.82. The van der Waals surface area contributed by atoms with Gasteiger partial charge in [0.2, 0.25) is 11.8 Å². The van der Waals surface area contributed by atoms with Crippen LogP contribution in [0, 0.1) is 34.6 Å². The first-order valence-electron chi connectivity index (χ1n) is 9.10. The fourth-order valence-electron chi connectivity index (χ4n) is 3.11. The van der Waals surface area contributed by atoms with Crippen LogP contribution < -0.4 is 15.4 Å². The first kappa shape index (κ1) is 20.5. The number of ether oxygens (including phenoxy) is 1. The zero-order valence-electron chi connectivity index (χ0n) is 16.7. The van der Waals surface area contributed by atoms with Crippen molar-refractivity contribution >= 4 is 17.5 Å². The standard InChI is InChI=1S/C22H28N2O3/c1-14-8-15(2)12-19(11-14)27-7-6-20(25)23-13-21(26)24-22-17(4)9-16(3)10-18(22)5/h8-12H,6-7,13H2,1-5H3,(H,23,25)(H,24,26). The Morgan fingerprint density at radius 2 is 1.37 bits per heavy atom. The van der Waals surface area contributed by atoms with Crippen molar-refractivity contribution in [3.63, 3.8) is 0 Å². The number of nitrogens with one attached hydrogen (secondary N) is 2. The van der Waals surface area contributed by atoms with E-state index in [1.54, 1.807) is 0 Å². The lowest BCUT2D eigenvalue weighted by molar-refractivity contribution is -0.124. The summed E-state index contributed by atoms with van der Waals surface area (Å²) < 4.78 is 5.62. The summed E-state index contributed by atoms with van der Waals surface area (Å²) in [7, 11) is 0. The van der Waals surface area contributed by atoms with Crippen LogP contribution in [0.1, 0.15) is 34.2 Å². The molecule has 5 heteroatoms. The molecule has 0 fully saturated rings. The van der Waals surface area contributed by atoms with Crippen molar-refractivity contribution in [1.82, 2.24) is 5.32 Å². The van der Waals surface area contributed by atoms with Gasteiger partial charge in [-0.2, -0.15) is 0 Å². The van der Waals surface area contributed by atoms with Crippen LogP contribution >= 0.6 is 0 Å². The second-order valence-electron chi connectivity index (χ2n) is 7.02. The Kier molecular flexibility index (Phi) is 6.99. The number of anilines is 1. The first-order valence-corrected chi connectivity index (χ1v) is 9.10. The SMILES string of the molecule is Cc1cc(C)cc(OCCC(=O)NCC(=O)Nc2c(C)cc(C)cc2C)c1. The number of rotatable bonds is 7. The predicted octanol–water partition coefficient (Wildman–Crippen LogP) is 3.75. The number of benzene rings is 2. The van der Waals surface area contributed by atoms with E-state index in [-0.39, 0.29) is 31.4 Å². The van der Waals surface area contributed by atoms with E-state index in [0.717, 1.165) is 39.3 Å². The van der Waals surface area contributed by atoms with E-state index < -0.39 is 0 Å². The highest BCUT2D eigenvalue weighted by Crippen LogP contribution is 2.21. The van der Waals surface area contributed by atoms with Gasteiger partial charge in [0, 0.05) is 5.69 Å². The summed E-state index contributed by atoms with van der Waals surface area (Å²) in [6.07, 6.45) is 0.197. The maximum absolute atomic E-state index is 12.1. The van der Waals surface area contributed by atoms with Crippen LogP contribution in [0.3, 0.4) is 0 Å². The van der Waals surface area contributed by atoms with Crippen LogP contribution in [0.25, 0.3) is 0 Å². The molecular formula is C22H28N2O3. The second-order valence-corrected chi connectivity index (χ2v) is 7.02. The molecule has 0 atom stereocenters. The van der Waals surface area contributed by atoms with Gasteiger partial charge >= 0.3 is 0 Å². The molecule has 2 aromatic carbocycles. The third kappa shape index (κ3) is 6.44. The number of carbonyl (C=O) groups is 2. The molecule has 2 rings (SSSR count). The normalized spacial score (nSPS) is 10.4. The van der Waals surface area contributed by atoms with Gasteiger partial charge in [-0.1, -0.05) is 23.8 Å². The molecule has 0 radical (unpaired) electrons. The minimum Gasteiger partial charge on any atom is -0.493 e. The van der Waals surface area contributed by atoms with Gasteiger partial charge < -0.3 is 15.4 Å². The minimum absolute atomic E-state index is 0.0604. The summed E-state index contributed by atoms with van der Waals surface area (Å²) in [6.45, 7) is 10.1. The van der Waals surface area contributed by atoms with Crippen LogP contribution in [0.2, 0.25) is 0 Å². The van der Waals surface area contributed by atoms with Crippen molar-refractivity contribution in [2.45, 2.75) is 41.0 Å². The molecule has 0 aliphatic heterocycles. The third-order valence-electron chi connectivity index (χ3n) is 4.18. The van der Waals surface area contributed by atoms with Crippen molar-refractivity contribution in [2.75, 3.05) is 18.5 Å². The number of amides is 2. The molecule has 0 aromatic heterocycles. The van der Waals surface area contributed by atoms with Crippen molar-refractivity contribution < 1.29 is 14.3 Å². The number of hydrogen-bond donors (Lipinski definition) is 2. The fourth-order valence-corrected chi connectivity index (χ4v) is 3.11. The van der Waals surface area contributed by atoms with E-state index in [2.05, 4.69) is 16.7 Å². The Bertz CT molecular complexity index is 800. The maximum atomic E-state index is 12.1. The molecule has 2 aromatic rings. The average Bonchev–Trinajstić information content (AvgIpc) is 2.55. The van der Waals surface area contributed by atoms with Crippen LogP contribution in [0.15, 0.2) is 30.3 Å². The van der Waals surface area contributed by atoms with Crippen LogP contribution in [-0.4, -0.2) is 25.0 Å². The van der Waals surface area contributed by atoms with Crippen molar-refractivity contribution in [3.05, 3.63) is 58.1 Å². The monoisotopic (exact) mass is 368 g/mol. The van der Waals surface area contributed by atoms with E-state index >= 15 is 0 Å². The van der Waals surface area contributed by atoms with E-state index in [0.29, 0.717) is 0 Å². The summed E-state index contributed by atoms with van der Waals surface area (Å²) in [5, 5.41) is 5.50. The molecule has 0 saturated heterocycles. The van der Waals surface area contributed by atoms with Crippen molar-refractivity contribution in [2.24, 2.45) is 0 Å². The van der Waals surface area contributed by atoms with Crippen LogP contribution in [0.4, 0.5) is 5.69 Å². The van der Waals surface area contributed by atoms with Gasteiger partial charge in [0.15, 0.2) is 0 Å². The minimum atomic E-state index is -0.242. The van der Waals surface area contributed by atoms with E-state index in [1.165, 1.54) is 0 Å². The fraction of sp³-hybridized carbons (Fsp3) is 0.364. The lowest BCUT2D eigenvalue weighted by atomic mass is 10.1. The smallest absolute Gasteiger partial charge is 0.243 e. The quantitative estimate of drug-likeness (QED) is 0.782. The van der Waals surface area contributed by atoms with E-state index in [1.807, 2.05) is 58.9 Å². The summed E-state index contributed by atoms with van der Waals surface area (Å²) in [4.78, 5) is 24.1. The third-order valence-corrected chi connectivity index (χ3v) is 4.18. The Labute approximate surface area is 161 Å². The highest BCUT2D eigenvalue weighted by molar-refractivity contribution is 5.95. The lowest BCUT2D eigenvalue weighted by Gasteiger charge is -2.13. The van der Waals surface area contributed by atoms with Gasteiger partial charge in [-0.15, -0.1) is 0 Å². The highest BCUT2D eigenvalue weighted by atomic mass is 16.5. The topological polar surface area (TPSA) is 67.4 Å². The second kappa shape index (κ2) is 9.21. The van der Waals surface area contributed by atoms with Gasteiger partial charge in [-0.3, -0.25) is 9.59 Å². The molecule has 0 heterocycles. The predicted molar refractivity (Wildman–Crippen MR) is 108 cm³/mol. The first-order chi connectivity index (χ1) is 12.7. The largest absolute Gasteiger partial charge is 0.493 e. The molecule has 2 N–H and O–H groups in total. The lowest BCUT2D eigenvalue weighted by Crippen LogP contribution is -2.33. The van der Waals surface area contributed by atoms with E-state index in [4.69, 9.17) is 4.74 Å². The van der Waals surface area contributed by atoms with Gasteiger partial charge in [0.05, 0.1) is 19.6 Å². The Balaban J connectivity index is 1.76. The molecule has 0 bridgehead atoms. The summed E-state index contributed by atoms with van der Waals surface area (Å²) >= 11 is 0. The highest BCUT2D eigenvalue weighted by Gasteiger charge is 2.10. The summed E-state index contributed by atoms with van der Waals surface area (Å²) in [6, 6.07) is 9.97. The van der Waals surface area contributed by atoms with Crippen LogP contribution in [-0.2, 0) is 9.59 Å². The number of hydrogen-bond acceptors (Lipinski definition) is 3. The van der Waals surface area contributed by atoms with Gasteiger partial charge in [-0.05, 0) is 69.0 Å². The molecule has 5 nitrogen and oxygen atoms in total. The van der Waals surface area contributed by atoms with Crippen LogP contribution in [0.5, 0.6) is 5.75 Å². The van der Waals surface area contributed by atoms with Gasteiger partial charge in [0.25, 0.3) is 0 Å². The molecule has 0 saturated carbocycles. The van der Waals surface area contributed by atoms with E-state index in [9.17, 15) is 9.59 Å². The molecule has 144 valence electrons. The average molecular weight is 368 g/mol. The Morgan fingerprint density at radius 3 is 1.96 bits per heavy atom. The van der Waals surface area contributed by atoms with Gasteiger partial charge in [0.1, 0.15) is 5.75 Å². The molecule has 0 spiro atoms.